The minimum atomic E-state index is -3.34. The molecule has 0 saturated heterocycles. The summed E-state index contributed by atoms with van der Waals surface area (Å²) in [5.74, 6) is 2.13. The Hall–Kier alpha value is -1.56. The molecule has 7 nitrogen and oxygen atoms in total. The van der Waals surface area contributed by atoms with Gasteiger partial charge in [0.15, 0.2) is 0 Å². The van der Waals surface area contributed by atoms with E-state index in [1.165, 1.54) is 20.3 Å². The van der Waals surface area contributed by atoms with Crippen molar-refractivity contribution < 1.29 is 8.42 Å². The van der Waals surface area contributed by atoms with Gasteiger partial charge in [0.25, 0.3) is 5.56 Å². The minimum absolute atomic E-state index is 0.0146. The molecule has 1 rings (SSSR count). The Labute approximate surface area is 122 Å². The number of hydrogen-bond donors (Lipinski definition) is 1. The van der Waals surface area contributed by atoms with Crippen LogP contribution in [0.25, 0.3) is 0 Å². The molecule has 0 aliphatic rings. The Morgan fingerprint density at radius 2 is 2.20 bits per heavy atom. The van der Waals surface area contributed by atoms with Crippen molar-refractivity contribution in [2.45, 2.75) is 6.54 Å². The molecule has 0 fully saturated rings. The van der Waals surface area contributed by atoms with Gasteiger partial charge in [-0.25, -0.2) is 17.4 Å². The van der Waals surface area contributed by atoms with Crippen molar-refractivity contribution >= 4 is 27.3 Å². The highest BCUT2D eigenvalue weighted by atomic mass is 35.5. The fraction of sp³-hybridized carbons (Fsp3) is 0.455. The molecule has 0 aliphatic heterocycles. The molecule has 20 heavy (non-hydrogen) atoms. The van der Waals surface area contributed by atoms with Crippen LogP contribution in [0.4, 0.5) is 5.69 Å². The SMILES string of the molecule is C#CCn1ncc(Cl)c(NCCS(=O)(=O)N(C)C)c1=O. The predicted octanol–water partition coefficient (Wildman–Crippen LogP) is -0.167. The van der Waals surface area contributed by atoms with E-state index in [0.29, 0.717) is 0 Å². The van der Waals surface area contributed by atoms with Crippen LogP contribution in [-0.4, -0.2) is 48.9 Å². The van der Waals surface area contributed by atoms with E-state index in [1.54, 1.807) is 0 Å². The lowest BCUT2D eigenvalue weighted by atomic mass is 10.4. The smallest absolute Gasteiger partial charge is 0.292 e. The first kappa shape index (κ1) is 16.5. The van der Waals surface area contributed by atoms with Crippen LogP contribution in [-0.2, 0) is 16.6 Å². The van der Waals surface area contributed by atoms with E-state index in [2.05, 4.69) is 16.3 Å². The zero-order valence-electron chi connectivity index (χ0n) is 11.1. The molecule has 0 aliphatic carbocycles. The average Bonchev–Trinajstić information content (AvgIpc) is 2.37. The number of terminal acetylenes is 1. The molecule has 0 amide bonds. The Morgan fingerprint density at radius 1 is 1.55 bits per heavy atom. The fourth-order valence-corrected chi connectivity index (χ4v) is 2.23. The van der Waals surface area contributed by atoms with Gasteiger partial charge in [0.05, 0.1) is 17.0 Å². The molecule has 1 aromatic rings. The van der Waals surface area contributed by atoms with Crippen molar-refractivity contribution in [1.29, 1.82) is 0 Å². The largest absolute Gasteiger partial charge is 0.378 e. The molecular formula is C11H15ClN4O3S. The summed E-state index contributed by atoms with van der Waals surface area (Å²) in [6, 6.07) is 0. The Kier molecular flexibility index (Phi) is 5.56. The molecule has 110 valence electrons. The van der Waals surface area contributed by atoms with Crippen LogP contribution in [0, 0.1) is 12.3 Å². The fourth-order valence-electron chi connectivity index (χ4n) is 1.32. The van der Waals surface area contributed by atoms with E-state index >= 15 is 0 Å². The maximum Gasteiger partial charge on any atom is 0.292 e. The minimum Gasteiger partial charge on any atom is -0.378 e. The number of halogens is 1. The van der Waals surface area contributed by atoms with Crippen LogP contribution >= 0.6 is 11.6 Å². The number of hydrogen-bond acceptors (Lipinski definition) is 5. The van der Waals surface area contributed by atoms with Crippen molar-refractivity contribution in [1.82, 2.24) is 14.1 Å². The Bertz CT molecular complexity index is 676. The molecular weight excluding hydrogens is 304 g/mol. The number of nitrogens with one attached hydrogen (secondary N) is 1. The molecule has 1 aromatic heterocycles. The number of rotatable bonds is 6. The zero-order valence-corrected chi connectivity index (χ0v) is 12.7. The predicted molar refractivity (Wildman–Crippen MR) is 78.3 cm³/mol. The lowest BCUT2D eigenvalue weighted by Gasteiger charge is -2.13. The number of anilines is 1. The molecule has 0 radical (unpaired) electrons. The first-order valence-corrected chi connectivity index (χ1v) is 7.61. The zero-order chi connectivity index (χ0) is 15.3. The van der Waals surface area contributed by atoms with Crippen molar-refractivity contribution in [3.63, 3.8) is 0 Å². The highest BCUT2D eigenvalue weighted by molar-refractivity contribution is 7.89. The quantitative estimate of drug-likeness (QED) is 0.736. The van der Waals surface area contributed by atoms with Crippen LogP contribution in [0.2, 0.25) is 5.02 Å². The summed E-state index contributed by atoms with van der Waals surface area (Å²) in [5.41, 5.74) is -0.399. The summed E-state index contributed by atoms with van der Waals surface area (Å²) in [4.78, 5) is 12.0. The van der Waals surface area contributed by atoms with Gasteiger partial charge in [0.2, 0.25) is 10.0 Å². The second-order valence-electron chi connectivity index (χ2n) is 4.06. The third kappa shape index (κ3) is 3.96. The second kappa shape index (κ2) is 6.74. The van der Waals surface area contributed by atoms with Gasteiger partial charge < -0.3 is 5.32 Å². The number of aromatic nitrogens is 2. The molecule has 0 atom stereocenters. The lowest BCUT2D eigenvalue weighted by Crippen LogP contribution is -2.31. The lowest BCUT2D eigenvalue weighted by molar-refractivity contribution is 0.521. The van der Waals surface area contributed by atoms with Gasteiger partial charge in [0, 0.05) is 20.6 Å². The Morgan fingerprint density at radius 3 is 2.75 bits per heavy atom. The van der Waals surface area contributed by atoms with Crippen LogP contribution < -0.4 is 10.9 Å². The highest BCUT2D eigenvalue weighted by Crippen LogP contribution is 2.14. The van der Waals surface area contributed by atoms with E-state index in [1.807, 2.05) is 0 Å². The molecule has 0 bridgehead atoms. The highest BCUT2D eigenvalue weighted by Gasteiger charge is 2.14. The van der Waals surface area contributed by atoms with E-state index in [0.717, 1.165) is 8.99 Å². The Balaban J connectivity index is 2.87. The van der Waals surface area contributed by atoms with E-state index in [4.69, 9.17) is 18.0 Å². The second-order valence-corrected chi connectivity index (χ2v) is 6.77. The van der Waals surface area contributed by atoms with Crippen LogP contribution in [0.1, 0.15) is 0 Å². The van der Waals surface area contributed by atoms with Crippen molar-refractivity contribution in [2.24, 2.45) is 0 Å². The van der Waals surface area contributed by atoms with Gasteiger partial charge in [-0.3, -0.25) is 4.79 Å². The summed E-state index contributed by atoms with van der Waals surface area (Å²) in [6.45, 7) is 0.0657. The van der Waals surface area contributed by atoms with Gasteiger partial charge in [-0.2, -0.15) is 5.10 Å². The molecule has 0 saturated carbocycles. The van der Waals surface area contributed by atoms with E-state index in [9.17, 15) is 13.2 Å². The molecule has 0 aromatic carbocycles. The number of sulfonamides is 1. The maximum absolute atomic E-state index is 12.0. The number of nitrogens with zero attached hydrogens (tertiary/aromatic N) is 3. The van der Waals surface area contributed by atoms with Crippen LogP contribution in [0.3, 0.4) is 0 Å². The van der Waals surface area contributed by atoms with Gasteiger partial charge >= 0.3 is 0 Å². The average molecular weight is 319 g/mol. The standard InChI is InChI=1S/C11H15ClN4O3S/c1-4-6-16-11(17)10(9(12)8-14-16)13-5-7-20(18,19)15(2)3/h1,8,13H,5-7H2,2-3H3. The van der Waals surface area contributed by atoms with Gasteiger partial charge in [0.1, 0.15) is 12.2 Å². The van der Waals surface area contributed by atoms with E-state index in [-0.39, 0.29) is 29.6 Å². The maximum atomic E-state index is 12.0. The first-order valence-electron chi connectivity index (χ1n) is 5.62. The monoisotopic (exact) mass is 318 g/mol. The molecule has 9 heteroatoms. The van der Waals surface area contributed by atoms with Crippen LogP contribution in [0.15, 0.2) is 11.0 Å². The summed E-state index contributed by atoms with van der Waals surface area (Å²) in [6.07, 6.45) is 6.40. The molecule has 1 N–H and O–H groups in total. The molecule has 1 heterocycles. The summed E-state index contributed by atoms with van der Waals surface area (Å²) in [7, 11) is -0.465. The van der Waals surface area contributed by atoms with Crippen molar-refractivity contribution in [2.75, 3.05) is 31.7 Å². The van der Waals surface area contributed by atoms with Gasteiger partial charge in [-0.05, 0) is 0 Å². The topological polar surface area (TPSA) is 84.3 Å². The third-order valence-electron chi connectivity index (χ3n) is 2.46. The van der Waals surface area contributed by atoms with E-state index < -0.39 is 15.6 Å². The van der Waals surface area contributed by atoms with Crippen molar-refractivity contribution in [3.05, 3.63) is 21.6 Å². The summed E-state index contributed by atoms with van der Waals surface area (Å²) >= 11 is 5.86. The molecule has 0 spiro atoms. The summed E-state index contributed by atoms with van der Waals surface area (Å²) in [5, 5.41) is 6.60. The summed E-state index contributed by atoms with van der Waals surface area (Å²) < 4.78 is 25.4. The van der Waals surface area contributed by atoms with Gasteiger partial charge in [-0.1, -0.05) is 17.5 Å². The van der Waals surface area contributed by atoms with Crippen LogP contribution in [0.5, 0.6) is 0 Å². The van der Waals surface area contributed by atoms with Gasteiger partial charge in [-0.15, -0.1) is 6.42 Å². The van der Waals surface area contributed by atoms with Crippen molar-refractivity contribution in [3.8, 4) is 12.3 Å². The normalized spacial score (nSPS) is 11.3. The molecule has 0 unspecified atom stereocenters. The first-order chi connectivity index (χ1) is 9.29. The third-order valence-corrected chi connectivity index (χ3v) is 4.58.